The van der Waals surface area contributed by atoms with Crippen LogP contribution in [0, 0.1) is 0 Å². The summed E-state index contributed by atoms with van der Waals surface area (Å²) in [4.78, 5) is 24.4. The highest BCUT2D eigenvalue weighted by atomic mass is 79.9. The molecule has 0 aliphatic carbocycles. The van der Waals surface area contributed by atoms with Crippen LogP contribution < -0.4 is 0 Å². The Morgan fingerprint density at radius 1 is 1.29 bits per heavy atom. The van der Waals surface area contributed by atoms with E-state index in [4.69, 9.17) is 21.1 Å². The fourth-order valence-electron chi connectivity index (χ4n) is 3.03. The SMILES string of the molecule is COC(=O)c1ccc(Br)cc1[C@@]1(C=O)OCCc2cc(Cl)ccc21. The first-order valence-electron chi connectivity index (χ1n) is 7.29. The van der Waals surface area contributed by atoms with Gasteiger partial charge in [0.2, 0.25) is 0 Å². The predicted octanol–water partition coefficient (Wildman–Crippen LogP) is 3.90. The zero-order valence-corrected chi connectivity index (χ0v) is 15.2. The third-order valence-corrected chi connectivity index (χ3v) is 4.85. The second-order valence-corrected chi connectivity index (χ2v) is 6.79. The van der Waals surface area contributed by atoms with Gasteiger partial charge in [-0.3, -0.25) is 4.79 Å². The number of hydrogen-bond donors (Lipinski definition) is 0. The van der Waals surface area contributed by atoms with Crippen LogP contribution in [0.15, 0.2) is 40.9 Å². The minimum atomic E-state index is -1.37. The molecule has 0 bridgehead atoms. The number of halogens is 2. The third-order valence-electron chi connectivity index (χ3n) is 4.12. The summed E-state index contributed by atoms with van der Waals surface area (Å²) >= 11 is 9.47. The number of methoxy groups -OCH3 is 1. The highest BCUT2D eigenvalue weighted by Gasteiger charge is 2.42. The first kappa shape index (κ1) is 17.1. The molecule has 0 saturated carbocycles. The molecule has 2 aromatic carbocycles. The number of rotatable bonds is 3. The van der Waals surface area contributed by atoms with E-state index >= 15 is 0 Å². The highest BCUT2D eigenvalue weighted by Crippen LogP contribution is 2.41. The van der Waals surface area contributed by atoms with Gasteiger partial charge in [0.15, 0.2) is 11.9 Å². The Labute approximate surface area is 152 Å². The van der Waals surface area contributed by atoms with Crippen LogP contribution in [0.5, 0.6) is 0 Å². The molecule has 0 N–H and O–H groups in total. The van der Waals surface area contributed by atoms with Crippen molar-refractivity contribution in [3.05, 3.63) is 68.1 Å². The molecule has 0 unspecified atom stereocenters. The van der Waals surface area contributed by atoms with Gasteiger partial charge >= 0.3 is 5.97 Å². The van der Waals surface area contributed by atoms with E-state index in [0.717, 1.165) is 16.3 Å². The number of benzene rings is 2. The molecule has 1 aliphatic rings. The molecule has 0 spiro atoms. The van der Waals surface area contributed by atoms with Crippen molar-refractivity contribution in [1.82, 2.24) is 0 Å². The number of ether oxygens (including phenoxy) is 2. The maximum Gasteiger partial charge on any atom is 0.338 e. The zero-order chi connectivity index (χ0) is 17.3. The summed E-state index contributed by atoms with van der Waals surface area (Å²) in [7, 11) is 1.30. The molecule has 0 amide bonds. The largest absolute Gasteiger partial charge is 0.465 e. The lowest BCUT2D eigenvalue weighted by Crippen LogP contribution is -2.39. The molecular weight excluding hydrogens is 396 g/mol. The van der Waals surface area contributed by atoms with E-state index in [2.05, 4.69) is 15.9 Å². The van der Waals surface area contributed by atoms with Crippen molar-refractivity contribution in [3.8, 4) is 0 Å². The van der Waals surface area contributed by atoms with Crippen molar-refractivity contribution >= 4 is 39.8 Å². The van der Waals surface area contributed by atoms with Crippen molar-refractivity contribution in [2.45, 2.75) is 12.0 Å². The molecular formula is C18H14BrClO4. The molecule has 0 radical (unpaired) electrons. The summed E-state index contributed by atoms with van der Waals surface area (Å²) in [5.74, 6) is -0.525. The van der Waals surface area contributed by atoms with Crippen LogP contribution in [0.25, 0.3) is 0 Å². The molecule has 1 heterocycles. The van der Waals surface area contributed by atoms with Crippen molar-refractivity contribution in [2.75, 3.05) is 13.7 Å². The molecule has 0 saturated heterocycles. The monoisotopic (exact) mass is 408 g/mol. The van der Waals surface area contributed by atoms with Crippen molar-refractivity contribution in [2.24, 2.45) is 0 Å². The lowest BCUT2D eigenvalue weighted by atomic mass is 9.80. The molecule has 2 aromatic rings. The summed E-state index contributed by atoms with van der Waals surface area (Å²) in [5.41, 5.74) is 0.983. The molecule has 24 heavy (non-hydrogen) atoms. The van der Waals surface area contributed by atoms with Gasteiger partial charge in [-0.25, -0.2) is 4.79 Å². The number of esters is 1. The van der Waals surface area contributed by atoms with Crippen molar-refractivity contribution < 1.29 is 19.1 Å². The lowest BCUT2D eigenvalue weighted by Gasteiger charge is -2.36. The summed E-state index contributed by atoms with van der Waals surface area (Å²) in [6.45, 7) is 0.346. The van der Waals surface area contributed by atoms with Gasteiger partial charge in [-0.1, -0.05) is 33.6 Å². The first-order valence-corrected chi connectivity index (χ1v) is 8.46. The molecule has 0 fully saturated rings. The van der Waals surface area contributed by atoms with E-state index < -0.39 is 11.6 Å². The second-order valence-electron chi connectivity index (χ2n) is 5.43. The Kier molecular flexibility index (Phi) is 4.76. The van der Waals surface area contributed by atoms with E-state index in [9.17, 15) is 9.59 Å². The first-order chi connectivity index (χ1) is 11.5. The molecule has 1 atom stereocenters. The fraction of sp³-hybridized carbons (Fsp3) is 0.222. The van der Waals surface area contributed by atoms with Gasteiger partial charge in [-0.05, 0) is 47.9 Å². The number of hydrogen-bond acceptors (Lipinski definition) is 4. The fourth-order valence-corrected chi connectivity index (χ4v) is 3.58. The van der Waals surface area contributed by atoms with Crippen LogP contribution in [0.2, 0.25) is 5.02 Å². The smallest absolute Gasteiger partial charge is 0.338 e. The zero-order valence-electron chi connectivity index (χ0n) is 12.8. The Hall–Kier alpha value is -1.69. The quantitative estimate of drug-likeness (QED) is 0.570. The molecule has 3 rings (SSSR count). The van der Waals surface area contributed by atoms with E-state index in [1.807, 2.05) is 6.07 Å². The van der Waals surface area contributed by atoms with Gasteiger partial charge in [0.05, 0.1) is 19.3 Å². The second kappa shape index (κ2) is 6.67. The summed E-state index contributed by atoms with van der Waals surface area (Å²) in [6, 6.07) is 10.4. The number of carbonyl (C=O) groups is 2. The minimum Gasteiger partial charge on any atom is -0.465 e. The van der Waals surface area contributed by atoms with Gasteiger partial charge in [0, 0.05) is 15.1 Å². The van der Waals surface area contributed by atoms with Crippen LogP contribution in [0.1, 0.15) is 27.0 Å². The Morgan fingerprint density at radius 3 is 2.79 bits per heavy atom. The van der Waals surface area contributed by atoms with E-state index in [1.165, 1.54) is 7.11 Å². The van der Waals surface area contributed by atoms with E-state index in [-0.39, 0.29) is 5.56 Å². The van der Waals surface area contributed by atoms with Crippen LogP contribution in [0.3, 0.4) is 0 Å². The predicted molar refractivity (Wildman–Crippen MR) is 93.4 cm³/mol. The highest BCUT2D eigenvalue weighted by molar-refractivity contribution is 9.10. The van der Waals surface area contributed by atoms with E-state index in [1.54, 1.807) is 30.3 Å². The minimum absolute atomic E-state index is 0.288. The van der Waals surface area contributed by atoms with Crippen LogP contribution in [-0.2, 0) is 26.3 Å². The maximum atomic E-state index is 12.2. The maximum absolute atomic E-state index is 12.2. The molecule has 1 aliphatic heterocycles. The molecule has 0 aromatic heterocycles. The van der Waals surface area contributed by atoms with Gasteiger partial charge < -0.3 is 9.47 Å². The standard InChI is InChI=1S/C18H14BrClO4/c1-23-17(22)14-4-2-12(19)9-16(14)18(10-21)15-5-3-13(20)8-11(15)6-7-24-18/h2-5,8-10H,6-7H2,1H3/t18-/m0/s1. The van der Waals surface area contributed by atoms with Gasteiger partial charge in [-0.2, -0.15) is 0 Å². The van der Waals surface area contributed by atoms with E-state index in [0.29, 0.717) is 29.2 Å². The van der Waals surface area contributed by atoms with Crippen LogP contribution >= 0.6 is 27.5 Å². The van der Waals surface area contributed by atoms with Gasteiger partial charge in [-0.15, -0.1) is 0 Å². The average molecular weight is 410 g/mol. The summed E-state index contributed by atoms with van der Waals surface area (Å²) < 4.78 is 11.5. The summed E-state index contributed by atoms with van der Waals surface area (Å²) in [5, 5.41) is 0.595. The Bertz CT molecular complexity index is 821. The van der Waals surface area contributed by atoms with Gasteiger partial charge in [0.1, 0.15) is 0 Å². The number of carbonyl (C=O) groups excluding carboxylic acids is 2. The average Bonchev–Trinajstić information content (AvgIpc) is 2.60. The van der Waals surface area contributed by atoms with Crippen LogP contribution in [0.4, 0.5) is 0 Å². The normalized spacial score (nSPS) is 19.5. The summed E-state index contributed by atoms with van der Waals surface area (Å²) in [6.07, 6.45) is 1.38. The van der Waals surface area contributed by atoms with Gasteiger partial charge in [0.25, 0.3) is 0 Å². The number of fused-ring (bicyclic) bond motifs is 1. The topological polar surface area (TPSA) is 52.6 Å². The van der Waals surface area contributed by atoms with Crippen LogP contribution in [-0.4, -0.2) is 26.0 Å². The number of aldehydes is 1. The Balaban J connectivity index is 2.30. The third kappa shape index (κ3) is 2.77. The molecule has 124 valence electrons. The molecule has 4 nitrogen and oxygen atoms in total. The lowest BCUT2D eigenvalue weighted by molar-refractivity contribution is -0.128. The Morgan fingerprint density at radius 2 is 2.08 bits per heavy atom. The van der Waals surface area contributed by atoms with Crippen molar-refractivity contribution in [3.63, 3.8) is 0 Å². The molecule has 6 heteroatoms. The van der Waals surface area contributed by atoms with Crippen molar-refractivity contribution in [1.29, 1.82) is 0 Å².